The predicted octanol–water partition coefficient (Wildman–Crippen LogP) is 1.89. The molecule has 0 unspecified atom stereocenters. The largest absolute Gasteiger partial charge is 0.382 e. The van der Waals surface area contributed by atoms with Gasteiger partial charge in [0, 0.05) is 42.7 Å². The first-order chi connectivity index (χ1) is 13.8. The lowest BCUT2D eigenvalue weighted by Gasteiger charge is -2.41. The first-order valence-corrected chi connectivity index (χ1v) is 10.8. The van der Waals surface area contributed by atoms with Crippen molar-refractivity contribution in [2.75, 3.05) is 30.3 Å². The van der Waals surface area contributed by atoms with E-state index in [1.165, 1.54) is 11.8 Å². The smallest absolute Gasteiger partial charge is 0.268 e. The van der Waals surface area contributed by atoms with Crippen LogP contribution >= 0.6 is 23.4 Å². The van der Waals surface area contributed by atoms with Gasteiger partial charge in [-0.3, -0.25) is 9.36 Å². The average Bonchev–Trinajstić information content (AvgIpc) is 2.98. The first kappa shape index (κ1) is 20.5. The van der Waals surface area contributed by atoms with Gasteiger partial charge in [-0.15, -0.1) is 0 Å². The molecule has 0 aromatic carbocycles. The summed E-state index contributed by atoms with van der Waals surface area (Å²) in [6, 6.07) is 1.78. The summed E-state index contributed by atoms with van der Waals surface area (Å²) in [6.45, 7) is 4.34. The number of rotatable bonds is 3. The Morgan fingerprint density at radius 3 is 2.69 bits per heavy atom. The number of hydrogen-bond acceptors (Lipinski definition) is 8. The summed E-state index contributed by atoms with van der Waals surface area (Å²) in [5.41, 5.74) is 12.1. The lowest BCUT2D eigenvalue weighted by Crippen LogP contribution is -2.51. The van der Waals surface area contributed by atoms with Crippen LogP contribution in [0, 0.1) is 5.41 Å². The van der Waals surface area contributed by atoms with E-state index in [-0.39, 0.29) is 28.9 Å². The normalized spacial score (nSPS) is 23.7. The number of aromatic nitrogens is 3. The zero-order valence-corrected chi connectivity index (χ0v) is 18.0. The summed E-state index contributed by atoms with van der Waals surface area (Å²) < 4.78 is 7.38. The van der Waals surface area contributed by atoms with Crippen LogP contribution in [0.5, 0.6) is 0 Å². The van der Waals surface area contributed by atoms with Gasteiger partial charge in [-0.1, -0.05) is 23.4 Å². The number of piperidine rings is 1. The van der Waals surface area contributed by atoms with Crippen molar-refractivity contribution in [3.05, 3.63) is 33.8 Å². The highest BCUT2D eigenvalue weighted by atomic mass is 35.5. The maximum Gasteiger partial charge on any atom is 0.268 e. The third-order valence-corrected chi connectivity index (χ3v) is 7.67. The van der Waals surface area contributed by atoms with E-state index in [1.807, 2.05) is 6.92 Å². The molecule has 0 aliphatic carbocycles. The van der Waals surface area contributed by atoms with Gasteiger partial charge in [0.25, 0.3) is 5.56 Å². The van der Waals surface area contributed by atoms with Gasteiger partial charge in [-0.25, -0.2) is 9.97 Å². The molecule has 2 aromatic heterocycles. The highest BCUT2D eigenvalue weighted by molar-refractivity contribution is 7.99. The Balaban J connectivity index is 1.53. The van der Waals surface area contributed by atoms with E-state index < -0.39 is 0 Å². The molecular weight excluding hydrogens is 412 g/mol. The molecule has 2 aromatic rings. The Morgan fingerprint density at radius 2 is 2.03 bits per heavy atom. The minimum atomic E-state index is -0.124. The Hall–Kier alpha value is -1.81. The third kappa shape index (κ3) is 3.61. The fourth-order valence-corrected chi connectivity index (χ4v) is 5.26. The molecule has 0 radical (unpaired) electrons. The van der Waals surface area contributed by atoms with E-state index in [0.29, 0.717) is 27.4 Å². The summed E-state index contributed by atoms with van der Waals surface area (Å²) in [5.74, 6) is 0.902. The van der Waals surface area contributed by atoms with E-state index in [4.69, 9.17) is 27.8 Å². The average molecular weight is 437 g/mol. The van der Waals surface area contributed by atoms with Crippen molar-refractivity contribution in [3.63, 3.8) is 0 Å². The van der Waals surface area contributed by atoms with Gasteiger partial charge in [0.1, 0.15) is 5.82 Å². The van der Waals surface area contributed by atoms with Crippen LogP contribution in [0.15, 0.2) is 33.0 Å². The highest BCUT2D eigenvalue weighted by Gasteiger charge is 2.47. The highest BCUT2D eigenvalue weighted by Crippen LogP contribution is 2.41. The van der Waals surface area contributed by atoms with E-state index >= 15 is 0 Å². The second-order valence-electron chi connectivity index (χ2n) is 7.79. The Morgan fingerprint density at radius 1 is 1.31 bits per heavy atom. The fourth-order valence-electron chi connectivity index (χ4n) is 4.14. The molecule has 2 saturated heterocycles. The van der Waals surface area contributed by atoms with Gasteiger partial charge < -0.3 is 21.1 Å². The number of ether oxygens (including phenoxy) is 1. The minimum Gasteiger partial charge on any atom is -0.382 e. The van der Waals surface area contributed by atoms with Crippen LogP contribution in [0.25, 0.3) is 0 Å². The number of halogens is 1. The van der Waals surface area contributed by atoms with Gasteiger partial charge in [0.2, 0.25) is 5.95 Å². The van der Waals surface area contributed by atoms with Gasteiger partial charge in [-0.2, -0.15) is 0 Å². The molecule has 0 saturated carbocycles. The van der Waals surface area contributed by atoms with Gasteiger partial charge in [0.15, 0.2) is 0 Å². The molecule has 4 rings (SSSR count). The first-order valence-electron chi connectivity index (χ1n) is 9.58. The minimum absolute atomic E-state index is 0.0304. The fraction of sp³-hybridized carbons (Fsp3) is 0.526. The summed E-state index contributed by atoms with van der Waals surface area (Å²) >= 11 is 7.44. The van der Waals surface area contributed by atoms with Gasteiger partial charge >= 0.3 is 0 Å². The number of nitrogens with two attached hydrogens (primary N) is 2. The molecule has 2 aliphatic rings. The SMILES string of the molecule is C[C@@H]1OCC2(CCN(c3ncc(Sc4ccnc(N)c4Cl)c(=O)n3C)CC2)[C@@H]1N. The van der Waals surface area contributed by atoms with Crippen molar-refractivity contribution in [2.24, 2.45) is 18.2 Å². The van der Waals surface area contributed by atoms with Crippen LogP contribution in [-0.2, 0) is 11.8 Å². The van der Waals surface area contributed by atoms with E-state index in [0.717, 1.165) is 25.9 Å². The zero-order chi connectivity index (χ0) is 20.8. The molecule has 1 spiro atoms. The van der Waals surface area contributed by atoms with Crippen LogP contribution in [0.4, 0.5) is 11.8 Å². The Kier molecular flexibility index (Phi) is 5.50. The lowest BCUT2D eigenvalue weighted by atomic mass is 9.73. The van der Waals surface area contributed by atoms with Crippen molar-refractivity contribution in [1.29, 1.82) is 0 Å². The third-order valence-electron chi connectivity index (χ3n) is 6.10. The number of anilines is 2. The van der Waals surface area contributed by atoms with Gasteiger partial charge in [0.05, 0.1) is 28.8 Å². The summed E-state index contributed by atoms with van der Waals surface area (Å²) in [5, 5.41) is 0.342. The maximum absolute atomic E-state index is 12.9. The van der Waals surface area contributed by atoms with Crippen LogP contribution in [0.2, 0.25) is 5.02 Å². The van der Waals surface area contributed by atoms with Crippen LogP contribution < -0.4 is 21.9 Å². The molecule has 10 heteroatoms. The van der Waals surface area contributed by atoms with Crippen LogP contribution in [-0.4, -0.2) is 46.4 Å². The number of nitrogen functional groups attached to an aromatic ring is 1. The molecule has 0 amide bonds. The molecule has 0 bridgehead atoms. The molecule has 4 heterocycles. The predicted molar refractivity (Wildman–Crippen MR) is 115 cm³/mol. The van der Waals surface area contributed by atoms with Crippen molar-refractivity contribution >= 4 is 35.1 Å². The Labute approximate surface area is 178 Å². The molecule has 29 heavy (non-hydrogen) atoms. The van der Waals surface area contributed by atoms with Crippen molar-refractivity contribution in [1.82, 2.24) is 14.5 Å². The molecule has 8 nitrogen and oxygen atoms in total. The van der Waals surface area contributed by atoms with Crippen molar-refractivity contribution < 1.29 is 4.74 Å². The quantitative estimate of drug-likeness (QED) is 0.750. The second kappa shape index (κ2) is 7.79. The topological polar surface area (TPSA) is 112 Å². The number of pyridine rings is 1. The van der Waals surface area contributed by atoms with Crippen LogP contribution in [0.3, 0.4) is 0 Å². The van der Waals surface area contributed by atoms with E-state index in [2.05, 4.69) is 14.9 Å². The summed E-state index contributed by atoms with van der Waals surface area (Å²) in [4.78, 5) is 24.8. The number of nitrogens with zero attached hydrogens (tertiary/aromatic N) is 4. The molecule has 2 fully saturated rings. The summed E-state index contributed by atoms with van der Waals surface area (Å²) in [7, 11) is 1.74. The second-order valence-corrected chi connectivity index (χ2v) is 9.25. The maximum atomic E-state index is 12.9. The molecule has 2 aliphatic heterocycles. The standard InChI is InChI=1S/C19H25ClN6O2S/c1-11-15(21)19(10-28-11)4-7-26(8-5-19)18-24-9-13(17(27)25(18)2)29-12-3-6-23-16(22)14(12)20/h3,6,9,11,15H,4-5,7-8,10,21H2,1-2H3,(H2,22,23)/t11-,15+/m0/s1. The number of hydrogen-bond donors (Lipinski definition) is 2. The molecule has 4 N–H and O–H groups in total. The monoisotopic (exact) mass is 436 g/mol. The summed E-state index contributed by atoms with van der Waals surface area (Å²) in [6.07, 6.45) is 5.12. The Bertz CT molecular complexity index is 976. The lowest BCUT2D eigenvalue weighted by molar-refractivity contribution is 0.0973. The molecular formula is C19H25ClN6O2S. The molecule has 156 valence electrons. The van der Waals surface area contributed by atoms with E-state index in [1.54, 1.807) is 30.1 Å². The van der Waals surface area contributed by atoms with Crippen LogP contribution in [0.1, 0.15) is 19.8 Å². The van der Waals surface area contributed by atoms with E-state index in [9.17, 15) is 4.79 Å². The van der Waals surface area contributed by atoms with Crippen molar-refractivity contribution in [3.8, 4) is 0 Å². The van der Waals surface area contributed by atoms with Crippen molar-refractivity contribution in [2.45, 2.75) is 41.7 Å². The zero-order valence-electron chi connectivity index (χ0n) is 16.5. The molecule has 2 atom stereocenters. The van der Waals surface area contributed by atoms with Gasteiger partial charge in [-0.05, 0) is 25.8 Å².